The number of hydrogen-bond acceptors (Lipinski definition) is 4. The predicted octanol–water partition coefficient (Wildman–Crippen LogP) is 4.76. The van der Waals surface area contributed by atoms with Gasteiger partial charge in [-0.05, 0) is 54.6 Å². The summed E-state index contributed by atoms with van der Waals surface area (Å²) in [5.74, 6) is 0.385. The molecular weight excluding hydrogens is 448 g/mol. The number of likely N-dealkylation sites (tertiary alicyclic amines) is 1. The molecule has 2 amide bonds. The third-order valence-corrected chi connectivity index (χ3v) is 7.32. The van der Waals surface area contributed by atoms with Crippen molar-refractivity contribution < 1.29 is 9.59 Å². The molecule has 5 rings (SSSR count). The second-order valence-corrected chi connectivity index (χ2v) is 9.65. The van der Waals surface area contributed by atoms with Crippen LogP contribution in [-0.4, -0.2) is 41.3 Å². The summed E-state index contributed by atoms with van der Waals surface area (Å²) in [6, 6.07) is 19.0. The van der Waals surface area contributed by atoms with E-state index in [1.807, 2.05) is 60.8 Å². The Morgan fingerprint density at radius 3 is 2.53 bits per heavy atom. The molecule has 1 spiro atoms. The van der Waals surface area contributed by atoms with Crippen molar-refractivity contribution in [2.75, 3.05) is 25.0 Å². The number of piperidine rings is 1. The molecule has 2 aromatic carbocycles. The molecule has 3 aromatic rings. The summed E-state index contributed by atoms with van der Waals surface area (Å²) in [4.78, 5) is 31.4. The second kappa shape index (κ2) is 9.57. The Morgan fingerprint density at radius 2 is 1.85 bits per heavy atom. The maximum absolute atomic E-state index is 12.9. The zero-order valence-corrected chi connectivity index (χ0v) is 19.6. The van der Waals surface area contributed by atoms with E-state index in [1.165, 1.54) is 0 Å². The lowest BCUT2D eigenvalue weighted by molar-refractivity contribution is -0.119. The highest BCUT2D eigenvalue weighted by atomic mass is 35.5. The van der Waals surface area contributed by atoms with Crippen molar-refractivity contribution in [3.05, 3.63) is 83.0 Å². The summed E-state index contributed by atoms with van der Waals surface area (Å²) >= 11 is 6.58. The van der Waals surface area contributed by atoms with Gasteiger partial charge in [-0.15, -0.1) is 0 Å². The highest BCUT2D eigenvalue weighted by Gasteiger charge is 2.40. The van der Waals surface area contributed by atoms with Gasteiger partial charge in [0.2, 0.25) is 5.91 Å². The van der Waals surface area contributed by atoms with Crippen molar-refractivity contribution in [2.24, 2.45) is 5.41 Å². The van der Waals surface area contributed by atoms with Gasteiger partial charge in [0.25, 0.3) is 5.91 Å². The Morgan fingerprint density at radius 1 is 1.06 bits per heavy atom. The lowest BCUT2D eigenvalue weighted by Gasteiger charge is -2.38. The van der Waals surface area contributed by atoms with Crippen LogP contribution in [0.1, 0.15) is 35.2 Å². The van der Waals surface area contributed by atoms with Gasteiger partial charge in [0.15, 0.2) is 0 Å². The van der Waals surface area contributed by atoms with Gasteiger partial charge in [0, 0.05) is 31.3 Å². The molecule has 3 heterocycles. The van der Waals surface area contributed by atoms with Crippen LogP contribution in [0.5, 0.6) is 0 Å². The third-order valence-electron chi connectivity index (χ3n) is 6.91. The van der Waals surface area contributed by atoms with E-state index >= 15 is 0 Å². The molecular formula is C27H27ClN4O2. The maximum Gasteiger partial charge on any atom is 0.258 e. The Balaban J connectivity index is 1.20. The van der Waals surface area contributed by atoms with Crippen LogP contribution in [0.3, 0.4) is 0 Å². The van der Waals surface area contributed by atoms with Crippen molar-refractivity contribution in [1.82, 2.24) is 15.2 Å². The summed E-state index contributed by atoms with van der Waals surface area (Å²) in [7, 11) is 0. The average molecular weight is 475 g/mol. The first kappa shape index (κ1) is 22.6. The van der Waals surface area contributed by atoms with Crippen LogP contribution in [0, 0.1) is 5.41 Å². The number of nitrogens with zero attached hydrogens (tertiary/aromatic N) is 2. The van der Waals surface area contributed by atoms with E-state index in [1.54, 1.807) is 6.07 Å². The molecule has 174 valence electrons. The number of carbonyl (C=O) groups excluding carboxylic acids is 2. The lowest BCUT2D eigenvalue weighted by atomic mass is 9.77. The summed E-state index contributed by atoms with van der Waals surface area (Å²) in [6.07, 6.45) is 4.55. The van der Waals surface area contributed by atoms with Gasteiger partial charge in [-0.3, -0.25) is 14.5 Å². The van der Waals surface area contributed by atoms with Crippen LogP contribution in [0.4, 0.5) is 5.82 Å². The quantitative estimate of drug-likeness (QED) is 0.559. The molecule has 1 aromatic heterocycles. The van der Waals surface area contributed by atoms with E-state index in [9.17, 15) is 9.59 Å². The molecule has 2 saturated heterocycles. The molecule has 0 aliphatic carbocycles. The van der Waals surface area contributed by atoms with Crippen LogP contribution in [0.25, 0.3) is 11.1 Å². The van der Waals surface area contributed by atoms with Gasteiger partial charge in [0.05, 0.1) is 10.6 Å². The van der Waals surface area contributed by atoms with Gasteiger partial charge in [-0.2, -0.15) is 0 Å². The van der Waals surface area contributed by atoms with Crippen LogP contribution in [0.15, 0.2) is 66.9 Å². The Labute approximate surface area is 204 Å². The minimum absolute atomic E-state index is 0.152. The smallest absolute Gasteiger partial charge is 0.258 e. The molecule has 6 nitrogen and oxygen atoms in total. The second-order valence-electron chi connectivity index (χ2n) is 9.27. The highest BCUT2D eigenvalue weighted by molar-refractivity contribution is 6.37. The van der Waals surface area contributed by atoms with E-state index in [0.717, 1.165) is 55.7 Å². The summed E-state index contributed by atoms with van der Waals surface area (Å²) < 4.78 is 0. The molecule has 2 aliphatic heterocycles. The minimum Gasteiger partial charge on any atom is -0.356 e. The Bertz CT molecular complexity index is 1190. The zero-order valence-electron chi connectivity index (χ0n) is 18.9. The molecule has 34 heavy (non-hydrogen) atoms. The first-order valence-electron chi connectivity index (χ1n) is 11.6. The number of hydrogen-bond donors (Lipinski definition) is 2. The van der Waals surface area contributed by atoms with Crippen LogP contribution in [0.2, 0.25) is 5.02 Å². The standard InChI is InChI=1S/C27H27ClN4O2/c28-25-21(20-5-2-1-3-6-20)7-4-8-22(25)26(34)31-23-10-9-19(16-29-23)17-32-13-11-27(12-14-32)15-24(33)30-18-27/h1-10,16H,11-15,17-18H2,(H,30,33)(H,29,31,34). The van der Waals surface area contributed by atoms with Crippen LogP contribution in [-0.2, 0) is 11.3 Å². The normalized spacial score (nSPS) is 17.5. The fourth-order valence-electron chi connectivity index (χ4n) is 4.87. The van der Waals surface area contributed by atoms with E-state index in [4.69, 9.17) is 11.6 Å². The number of benzene rings is 2. The monoisotopic (exact) mass is 474 g/mol. The molecule has 0 bridgehead atoms. The van der Waals surface area contributed by atoms with E-state index < -0.39 is 0 Å². The first-order chi connectivity index (χ1) is 16.5. The number of pyridine rings is 1. The fraction of sp³-hybridized carbons (Fsp3) is 0.296. The van der Waals surface area contributed by atoms with Gasteiger partial charge < -0.3 is 10.6 Å². The van der Waals surface area contributed by atoms with E-state index in [2.05, 4.69) is 20.5 Å². The zero-order chi connectivity index (χ0) is 23.5. The topological polar surface area (TPSA) is 74.3 Å². The van der Waals surface area contributed by atoms with E-state index in [-0.39, 0.29) is 17.2 Å². The van der Waals surface area contributed by atoms with Crippen molar-refractivity contribution in [2.45, 2.75) is 25.8 Å². The van der Waals surface area contributed by atoms with Crippen LogP contribution >= 0.6 is 11.6 Å². The number of anilines is 1. The van der Waals surface area contributed by atoms with Gasteiger partial charge in [0.1, 0.15) is 5.82 Å². The predicted molar refractivity (Wildman–Crippen MR) is 134 cm³/mol. The summed E-state index contributed by atoms with van der Waals surface area (Å²) in [5.41, 5.74) is 3.44. The molecule has 0 atom stereocenters. The van der Waals surface area contributed by atoms with E-state index in [0.29, 0.717) is 22.8 Å². The van der Waals surface area contributed by atoms with Crippen molar-refractivity contribution >= 4 is 29.2 Å². The Kier molecular flexibility index (Phi) is 6.35. The molecule has 0 radical (unpaired) electrons. The number of amides is 2. The van der Waals surface area contributed by atoms with Crippen molar-refractivity contribution in [1.29, 1.82) is 0 Å². The largest absolute Gasteiger partial charge is 0.356 e. The third kappa shape index (κ3) is 4.83. The number of aromatic nitrogens is 1. The van der Waals surface area contributed by atoms with Gasteiger partial charge in [-0.25, -0.2) is 4.98 Å². The minimum atomic E-state index is -0.288. The molecule has 2 aliphatic rings. The van der Waals surface area contributed by atoms with Gasteiger partial charge >= 0.3 is 0 Å². The molecule has 2 fully saturated rings. The number of rotatable bonds is 5. The lowest BCUT2D eigenvalue weighted by Crippen LogP contribution is -2.40. The number of nitrogens with one attached hydrogen (secondary N) is 2. The van der Waals surface area contributed by atoms with Gasteiger partial charge in [-0.1, -0.05) is 60.1 Å². The molecule has 0 saturated carbocycles. The highest BCUT2D eigenvalue weighted by Crippen LogP contribution is 2.37. The Hall–Kier alpha value is -3.22. The number of halogens is 1. The molecule has 7 heteroatoms. The average Bonchev–Trinajstić information content (AvgIpc) is 3.22. The van der Waals surface area contributed by atoms with Crippen LogP contribution < -0.4 is 10.6 Å². The molecule has 2 N–H and O–H groups in total. The fourth-order valence-corrected chi connectivity index (χ4v) is 5.19. The van der Waals surface area contributed by atoms with Crippen molar-refractivity contribution in [3.63, 3.8) is 0 Å². The first-order valence-corrected chi connectivity index (χ1v) is 12.0. The van der Waals surface area contributed by atoms with Crippen molar-refractivity contribution in [3.8, 4) is 11.1 Å². The summed E-state index contributed by atoms with van der Waals surface area (Å²) in [6.45, 7) is 3.57. The summed E-state index contributed by atoms with van der Waals surface area (Å²) in [5, 5.41) is 6.26. The molecule has 0 unspecified atom stereocenters. The number of carbonyl (C=O) groups is 2. The SMILES string of the molecule is O=C1CC2(CCN(Cc3ccc(NC(=O)c4cccc(-c5ccccc5)c4Cl)nc3)CC2)CN1. The maximum atomic E-state index is 12.9.